The molecule has 0 atom stereocenters. The van der Waals surface area contributed by atoms with E-state index in [1.807, 2.05) is 18.4 Å². The van der Waals surface area contributed by atoms with Gasteiger partial charge in [-0.05, 0) is 36.8 Å². The predicted molar refractivity (Wildman–Crippen MR) is 55.3 cm³/mol. The molecule has 1 aromatic rings. The smallest absolute Gasteiger partial charge is 0.129 e. The van der Waals surface area contributed by atoms with Crippen LogP contribution in [-0.2, 0) is 6.42 Å². The number of aliphatic hydroxyl groups excluding tert-OH is 1. The molecule has 0 heterocycles. The molecule has 0 radical (unpaired) electrons. The summed E-state index contributed by atoms with van der Waals surface area (Å²) in [5.74, 6) is 0.336. The van der Waals surface area contributed by atoms with E-state index in [0.717, 1.165) is 23.3 Å². The Hall–Kier alpha value is -0.670. The molecule has 0 saturated carbocycles. The Kier molecular flexibility index (Phi) is 4.12. The Morgan fingerprint density at radius 2 is 2.15 bits per heavy atom. The highest BCUT2D eigenvalue weighted by Crippen LogP contribution is 2.27. The quantitative estimate of drug-likeness (QED) is 0.727. The average molecular weight is 198 g/mol. The maximum absolute atomic E-state index is 9.51. The lowest BCUT2D eigenvalue weighted by Gasteiger charge is -2.04. The van der Waals surface area contributed by atoms with Crippen molar-refractivity contribution in [2.45, 2.75) is 17.7 Å². The molecule has 0 aliphatic rings. The fourth-order valence-electron chi connectivity index (χ4n) is 1.17. The first kappa shape index (κ1) is 10.4. The lowest BCUT2D eigenvalue weighted by Crippen LogP contribution is -1.89. The maximum atomic E-state index is 9.51. The summed E-state index contributed by atoms with van der Waals surface area (Å²) in [5, 5.41) is 18.1. The lowest BCUT2D eigenvalue weighted by molar-refractivity contribution is 0.288. The molecule has 0 aliphatic heterocycles. The molecule has 0 bridgehead atoms. The molecule has 2 nitrogen and oxygen atoms in total. The summed E-state index contributed by atoms with van der Waals surface area (Å²) in [6, 6.07) is 5.66. The highest BCUT2D eigenvalue weighted by atomic mass is 32.2. The third-order valence-electron chi connectivity index (χ3n) is 1.87. The number of hydrogen-bond acceptors (Lipinski definition) is 3. The second kappa shape index (κ2) is 5.14. The van der Waals surface area contributed by atoms with Gasteiger partial charge in [-0.2, -0.15) is 0 Å². The number of aryl methyl sites for hydroxylation is 1. The van der Waals surface area contributed by atoms with Crippen molar-refractivity contribution in [3.8, 4) is 5.75 Å². The van der Waals surface area contributed by atoms with E-state index in [2.05, 4.69) is 0 Å². The van der Waals surface area contributed by atoms with Crippen LogP contribution in [0.3, 0.4) is 0 Å². The fourth-order valence-corrected chi connectivity index (χ4v) is 1.65. The van der Waals surface area contributed by atoms with Gasteiger partial charge in [-0.15, -0.1) is 11.8 Å². The Labute approximate surface area is 82.6 Å². The van der Waals surface area contributed by atoms with Crippen LogP contribution in [0, 0.1) is 0 Å². The minimum Gasteiger partial charge on any atom is -0.507 e. The van der Waals surface area contributed by atoms with Crippen molar-refractivity contribution < 1.29 is 10.2 Å². The van der Waals surface area contributed by atoms with Crippen molar-refractivity contribution in [1.82, 2.24) is 0 Å². The molecule has 1 aromatic carbocycles. The van der Waals surface area contributed by atoms with Gasteiger partial charge in [0.1, 0.15) is 5.75 Å². The minimum atomic E-state index is 0.199. The van der Waals surface area contributed by atoms with Gasteiger partial charge < -0.3 is 10.2 Å². The largest absolute Gasteiger partial charge is 0.507 e. The van der Waals surface area contributed by atoms with Crippen molar-refractivity contribution in [1.29, 1.82) is 0 Å². The Bertz CT molecular complexity index is 274. The first-order valence-electron chi connectivity index (χ1n) is 4.24. The van der Waals surface area contributed by atoms with Gasteiger partial charge in [0.2, 0.25) is 0 Å². The van der Waals surface area contributed by atoms with Gasteiger partial charge in [-0.1, -0.05) is 6.07 Å². The molecular weight excluding hydrogens is 184 g/mol. The fraction of sp³-hybridized carbons (Fsp3) is 0.400. The Morgan fingerprint density at radius 3 is 2.69 bits per heavy atom. The molecule has 0 amide bonds. The van der Waals surface area contributed by atoms with E-state index in [1.54, 1.807) is 6.07 Å². The first-order chi connectivity index (χ1) is 6.27. The third kappa shape index (κ3) is 2.94. The molecule has 0 aliphatic carbocycles. The monoisotopic (exact) mass is 198 g/mol. The standard InChI is InChI=1S/C10H14O2S/c1-13-10-5-4-8(3-2-6-11)7-9(10)12/h4-5,7,11-12H,2-3,6H2,1H3. The zero-order valence-corrected chi connectivity index (χ0v) is 8.47. The molecule has 3 heteroatoms. The van der Waals surface area contributed by atoms with Gasteiger partial charge in [-0.25, -0.2) is 0 Å². The second-order valence-electron chi connectivity index (χ2n) is 2.83. The minimum absolute atomic E-state index is 0.199. The van der Waals surface area contributed by atoms with Crippen LogP contribution in [0.15, 0.2) is 23.1 Å². The van der Waals surface area contributed by atoms with E-state index < -0.39 is 0 Å². The van der Waals surface area contributed by atoms with Crippen LogP contribution >= 0.6 is 11.8 Å². The molecule has 0 unspecified atom stereocenters. The average Bonchev–Trinajstić information content (AvgIpc) is 2.15. The van der Waals surface area contributed by atoms with Crippen molar-refractivity contribution in [3.63, 3.8) is 0 Å². The Morgan fingerprint density at radius 1 is 1.38 bits per heavy atom. The van der Waals surface area contributed by atoms with Crippen molar-refractivity contribution in [2.24, 2.45) is 0 Å². The number of benzene rings is 1. The van der Waals surface area contributed by atoms with E-state index in [0.29, 0.717) is 5.75 Å². The molecule has 13 heavy (non-hydrogen) atoms. The van der Waals surface area contributed by atoms with E-state index in [-0.39, 0.29) is 6.61 Å². The molecule has 0 aromatic heterocycles. The number of aromatic hydroxyl groups is 1. The first-order valence-corrected chi connectivity index (χ1v) is 5.47. The molecule has 1 rings (SSSR count). The third-order valence-corrected chi connectivity index (χ3v) is 2.65. The van der Waals surface area contributed by atoms with Crippen LogP contribution in [-0.4, -0.2) is 23.1 Å². The van der Waals surface area contributed by atoms with Crippen LogP contribution in [0.2, 0.25) is 0 Å². The van der Waals surface area contributed by atoms with Crippen molar-refractivity contribution >= 4 is 11.8 Å². The van der Waals surface area contributed by atoms with Crippen LogP contribution in [0.1, 0.15) is 12.0 Å². The topological polar surface area (TPSA) is 40.5 Å². The summed E-state index contributed by atoms with van der Waals surface area (Å²) in [6.45, 7) is 0.199. The molecule has 0 saturated heterocycles. The van der Waals surface area contributed by atoms with Crippen LogP contribution < -0.4 is 0 Å². The summed E-state index contributed by atoms with van der Waals surface area (Å²) in [6.07, 6.45) is 3.50. The summed E-state index contributed by atoms with van der Waals surface area (Å²) in [5.41, 5.74) is 1.07. The number of phenols is 1. The molecular formula is C10H14O2S. The van der Waals surface area contributed by atoms with Crippen LogP contribution in [0.5, 0.6) is 5.75 Å². The predicted octanol–water partition coefficient (Wildman–Crippen LogP) is 2.04. The van der Waals surface area contributed by atoms with E-state index in [1.165, 1.54) is 11.8 Å². The van der Waals surface area contributed by atoms with Crippen molar-refractivity contribution in [3.05, 3.63) is 23.8 Å². The van der Waals surface area contributed by atoms with Gasteiger partial charge in [0.05, 0.1) is 0 Å². The highest BCUT2D eigenvalue weighted by molar-refractivity contribution is 7.98. The van der Waals surface area contributed by atoms with Gasteiger partial charge >= 0.3 is 0 Å². The zero-order valence-electron chi connectivity index (χ0n) is 7.66. The normalized spacial score (nSPS) is 10.3. The number of thioether (sulfide) groups is 1. The SMILES string of the molecule is CSc1ccc(CCCO)cc1O. The van der Waals surface area contributed by atoms with E-state index in [4.69, 9.17) is 5.11 Å². The van der Waals surface area contributed by atoms with Gasteiger partial charge in [0.25, 0.3) is 0 Å². The molecule has 72 valence electrons. The lowest BCUT2D eigenvalue weighted by atomic mass is 10.1. The summed E-state index contributed by atoms with van der Waals surface area (Å²) in [4.78, 5) is 0.896. The number of phenolic OH excluding ortho intramolecular Hbond substituents is 1. The number of hydrogen-bond donors (Lipinski definition) is 2. The molecule has 0 fully saturated rings. The van der Waals surface area contributed by atoms with Crippen molar-refractivity contribution in [2.75, 3.05) is 12.9 Å². The summed E-state index contributed by atoms with van der Waals surface area (Å²) < 4.78 is 0. The maximum Gasteiger partial charge on any atom is 0.129 e. The van der Waals surface area contributed by atoms with E-state index in [9.17, 15) is 5.11 Å². The highest BCUT2D eigenvalue weighted by Gasteiger charge is 2.00. The second-order valence-corrected chi connectivity index (χ2v) is 3.68. The van der Waals surface area contributed by atoms with Crippen LogP contribution in [0.4, 0.5) is 0 Å². The number of aliphatic hydroxyl groups is 1. The molecule has 0 spiro atoms. The summed E-state index contributed by atoms with van der Waals surface area (Å²) in [7, 11) is 0. The zero-order chi connectivity index (χ0) is 9.68. The Balaban J connectivity index is 2.71. The van der Waals surface area contributed by atoms with Gasteiger partial charge in [0.15, 0.2) is 0 Å². The number of rotatable bonds is 4. The molecule has 2 N–H and O–H groups in total. The summed E-state index contributed by atoms with van der Waals surface area (Å²) >= 11 is 1.53. The van der Waals surface area contributed by atoms with Gasteiger partial charge in [0, 0.05) is 11.5 Å². The van der Waals surface area contributed by atoms with Crippen LogP contribution in [0.25, 0.3) is 0 Å². The van der Waals surface area contributed by atoms with E-state index >= 15 is 0 Å². The van der Waals surface area contributed by atoms with Gasteiger partial charge in [-0.3, -0.25) is 0 Å².